The van der Waals surface area contributed by atoms with Crippen LogP contribution in [0.1, 0.15) is 25.8 Å². The van der Waals surface area contributed by atoms with E-state index in [2.05, 4.69) is 10.6 Å². The first kappa shape index (κ1) is 21.6. The van der Waals surface area contributed by atoms with Crippen LogP contribution in [0.3, 0.4) is 0 Å². The fraction of sp³-hybridized carbons (Fsp3) is 0.500. The average molecular weight is 365 g/mol. The van der Waals surface area contributed by atoms with Crippen LogP contribution in [0.5, 0.6) is 0 Å². The summed E-state index contributed by atoms with van der Waals surface area (Å²) in [6, 6.07) is 5.56. The van der Waals surface area contributed by atoms with Crippen molar-refractivity contribution in [1.29, 1.82) is 0 Å². The zero-order chi connectivity index (χ0) is 19.7. The molecule has 0 aliphatic rings. The van der Waals surface area contributed by atoms with Gasteiger partial charge in [-0.2, -0.15) is 0 Å². The van der Waals surface area contributed by atoms with E-state index in [4.69, 9.17) is 5.73 Å². The standard InChI is InChI=1S/C18H27N3O5/c1-3-11(2)15(19)17(24)21-14(10-22)16(23)20-13(18(25)26)9-12-7-5-4-6-8-12/h4-8,11,13-15,22H,3,9-10,19H2,1-2H3,(H,20,23)(H,21,24)(H,25,26)/t11-,13-,14-,15-/m0/s1. The number of carboxylic acid groups (broad SMARTS) is 1. The SMILES string of the molecule is CC[C@H](C)[C@H](N)C(=O)N[C@@H](CO)C(=O)N[C@@H](Cc1ccccc1)C(=O)O. The molecule has 0 heterocycles. The van der Waals surface area contributed by atoms with E-state index in [1.165, 1.54) is 0 Å². The van der Waals surface area contributed by atoms with E-state index in [9.17, 15) is 24.6 Å². The minimum Gasteiger partial charge on any atom is -0.480 e. The first-order valence-electron chi connectivity index (χ1n) is 8.54. The molecule has 1 aromatic carbocycles. The predicted molar refractivity (Wildman–Crippen MR) is 96.2 cm³/mol. The van der Waals surface area contributed by atoms with Gasteiger partial charge in [-0.1, -0.05) is 50.6 Å². The van der Waals surface area contributed by atoms with Gasteiger partial charge in [-0.05, 0) is 11.5 Å². The molecule has 0 aromatic heterocycles. The molecule has 4 atom stereocenters. The highest BCUT2D eigenvalue weighted by molar-refractivity contribution is 5.92. The summed E-state index contributed by atoms with van der Waals surface area (Å²) in [7, 11) is 0. The van der Waals surface area contributed by atoms with Crippen molar-refractivity contribution in [2.75, 3.05) is 6.61 Å². The maximum atomic E-state index is 12.3. The van der Waals surface area contributed by atoms with Gasteiger partial charge >= 0.3 is 5.97 Å². The van der Waals surface area contributed by atoms with Crippen molar-refractivity contribution in [2.45, 2.75) is 44.8 Å². The molecular weight excluding hydrogens is 338 g/mol. The maximum absolute atomic E-state index is 12.3. The summed E-state index contributed by atoms with van der Waals surface area (Å²) in [6.07, 6.45) is 0.767. The molecule has 0 aliphatic carbocycles. The number of aliphatic carboxylic acids is 1. The smallest absolute Gasteiger partial charge is 0.326 e. The van der Waals surface area contributed by atoms with E-state index in [1.807, 2.05) is 6.92 Å². The van der Waals surface area contributed by atoms with Crippen molar-refractivity contribution < 1.29 is 24.6 Å². The van der Waals surface area contributed by atoms with Crippen molar-refractivity contribution in [3.05, 3.63) is 35.9 Å². The van der Waals surface area contributed by atoms with Gasteiger partial charge in [-0.15, -0.1) is 0 Å². The molecule has 0 saturated carbocycles. The summed E-state index contributed by atoms with van der Waals surface area (Å²) in [5.74, 6) is -2.65. The van der Waals surface area contributed by atoms with Crippen LogP contribution in [-0.4, -0.2) is 52.7 Å². The highest BCUT2D eigenvalue weighted by Crippen LogP contribution is 2.06. The molecule has 0 unspecified atom stereocenters. The summed E-state index contributed by atoms with van der Waals surface area (Å²) in [5, 5.41) is 23.4. The number of amides is 2. The Labute approximate surface area is 152 Å². The molecule has 0 aliphatic heterocycles. The number of carboxylic acids is 1. The molecule has 8 nitrogen and oxygen atoms in total. The number of nitrogens with two attached hydrogens (primary N) is 1. The topological polar surface area (TPSA) is 142 Å². The minimum absolute atomic E-state index is 0.0837. The van der Waals surface area contributed by atoms with Gasteiger partial charge in [0.1, 0.15) is 12.1 Å². The fourth-order valence-electron chi connectivity index (χ4n) is 2.30. The Morgan fingerprint density at radius 1 is 1.08 bits per heavy atom. The molecule has 0 fully saturated rings. The van der Waals surface area contributed by atoms with Crippen molar-refractivity contribution in [3.8, 4) is 0 Å². The van der Waals surface area contributed by atoms with E-state index in [0.717, 1.165) is 5.56 Å². The third-order valence-corrected chi connectivity index (χ3v) is 4.27. The van der Waals surface area contributed by atoms with Crippen LogP contribution in [0.15, 0.2) is 30.3 Å². The number of hydrogen-bond donors (Lipinski definition) is 5. The monoisotopic (exact) mass is 365 g/mol. The number of carbonyl (C=O) groups excluding carboxylic acids is 2. The quantitative estimate of drug-likeness (QED) is 0.384. The normalized spacial score (nSPS) is 15.4. The van der Waals surface area contributed by atoms with E-state index in [1.54, 1.807) is 37.3 Å². The molecule has 1 aromatic rings. The van der Waals surface area contributed by atoms with Gasteiger partial charge in [-0.3, -0.25) is 9.59 Å². The molecule has 0 spiro atoms. The van der Waals surface area contributed by atoms with Crippen LogP contribution < -0.4 is 16.4 Å². The molecule has 0 bridgehead atoms. The van der Waals surface area contributed by atoms with Crippen molar-refractivity contribution in [1.82, 2.24) is 10.6 Å². The Hall–Kier alpha value is -2.45. The van der Waals surface area contributed by atoms with Crippen LogP contribution in [0.2, 0.25) is 0 Å². The van der Waals surface area contributed by atoms with E-state index >= 15 is 0 Å². The van der Waals surface area contributed by atoms with E-state index in [-0.39, 0.29) is 12.3 Å². The lowest BCUT2D eigenvalue weighted by Crippen LogP contribution is -2.57. The van der Waals surface area contributed by atoms with Gasteiger partial charge in [0.25, 0.3) is 0 Å². The molecule has 6 N–H and O–H groups in total. The zero-order valence-corrected chi connectivity index (χ0v) is 15.0. The molecule has 2 amide bonds. The Bertz CT molecular complexity index is 608. The number of rotatable bonds is 10. The van der Waals surface area contributed by atoms with Gasteiger partial charge in [-0.25, -0.2) is 4.79 Å². The second-order valence-corrected chi connectivity index (χ2v) is 6.24. The van der Waals surface area contributed by atoms with Crippen LogP contribution in [0, 0.1) is 5.92 Å². The van der Waals surface area contributed by atoms with Crippen molar-refractivity contribution in [3.63, 3.8) is 0 Å². The summed E-state index contributed by atoms with van der Waals surface area (Å²) in [4.78, 5) is 35.8. The van der Waals surface area contributed by atoms with Gasteiger partial charge in [0.15, 0.2) is 0 Å². The molecule has 1 rings (SSSR count). The average Bonchev–Trinajstić information content (AvgIpc) is 2.64. The highest BCUT2D eigenvalue weighted by Gasteiger charge is 2.28. The number of hydrogen-bond acceptors (Lipinski definition) is 5. The van der Waals surface area contributed by atoms with Crippen LogP contribution in [0.4, 0.5) is 0 Å². The van der Waals surface area contributed by atoms with Gasteiger partial charge in [0.2, 0.25) is 11.8 Å². The Morgan fingerprint density at radius 2 is 1.65 bits per heavy atom. The summed E-state index contributed by atoms with van der Waals surface area (Å²) >= 11 is 0. The van der Waals surface area contributed by atoms with Gasteiger partial charge < -0.3 is 26.6 Å². The fourth-order valence-corrected chi connectivity index (χ4v) is 2.30. The first-order valence-corrected chi connectivity index (χ1v) is 8.54. The lowest BCUT2D eigenvalue weighted by molar-refractivity contribution is -0.142. The van der Waals surface area contributed by atoms with Gasteiger partial charge in [0, 0.05) is 6.42 Å². The highest BCUT2D eigenvalue weighted by atomic mass is 16.4. The molecule has 0 radical (unpaired) electrons. The number of nitrogens with one attached hydrogen (secondary N) is 2. The summed E-state index contributed by atoms with van der Waals surface area (Å²) < 4.78 is 0. The number of aliphatic hydroxyl groups excluding tert-OH is 1. The molecule has 0 saturated heterocycles. The lowest BCUT2D eigenvalue weighted by Gasteiger charge is -2.23. The molecular formula is C18H27N3O5. The Kier molecular flexibility index (Phi) is 8.74. The third kappa shape index (κ3) is 6.45. The van der Waals surface area contributed by atoms with Crippen LogP contribution in [0.25, 0.3) is 0 Å². The molecule has 8 heteroatoms. The largest absolute Gasteiger partial charge is 0.480 e. The second kappa shape index (κ2) is 10.5. The second-order valence-electron chi connectivity index (χ2n) is 6.24. The van der Waals surface area contributed by atoms with E-state index in [0.29, 0.717) is 6.42 Å². The van der Waals surface area contributed by atoms with E-state index < -0.39 is 42.5 Å². The number of carbonyl (C=O) groups is 3. The predicted octanol–water partition coefficient (Wildman–Crippen LogP) is -0.351. The minimum atomic E-state index is -1.27. The first-order chi connectivity index (χ1) is 12.3. The number of benzene rings is 1. The Balaban J connectivity index is 2.73. The lowest BCUT2D eigenvalue weighted by atomic mass is 9.99. The Morgan fingerprint density at radius 3 is 2.15 bits per heavy atom. The number of aliphatic hydroxyl groups is 1. The maximum Gasteiger partial charge on any atom is 0.326 e. The third-order valence-electron chi connectivity index (χ3n) is 4.27. The summed E-state index contributed by atoms with van der Waals surface area (Å²) in [5.41, 5.74) is 6.55. The van der Waals surface area contributed by atoms with Gasteiger partial charge in [0.05, 0.1) is 12.6 Å². The summed E-state index contributed by atoms with van der Waals surface area (Å²) in [6.45, 7) is 3.02. The van der Waals surface area contributed by atoms with Crippen molar-refractivity contribution >= 4 is 17.8 Å². The van der Waals surface area contributed by atoms with Crippen LogP contribution in [-0.2, 0) is 20.8 Å². The van der Waals surface area contributed by atoms with Crippen molar-refractivity contribution in [2.24, 2.45) is 11.7 Å². The van der Waals surface area contributed by atoms with Crippen LogP contribution >= 0.6 is 0 Å². The molecule has 144 valence electrons. The zero-order valence-electron chi connectivity index (χ0n) is 15.0. The molecule has 26 heavy (non-hydrogen) atoms.